The molecule has 0 saturated carbocycles. The number of aliphatic carboxylic acids is 1. The minimum Gasteiger partial charge on any atom is -0.481 e. The third-order valence-corrected chi connectivity index (χ3v) is 4.59. The molecule has 0 bridgehead atoms. The molecule has 0 radical (unpaired) electrons. The second kappa shape index (κ2) is 7.47. The van der Waals surface area contributed by atoms with E-state index in [2.05, 4.69) is 0 Å². The topological polar surface area (TPSA) is 83.9 Å². The summed E-state index contributed by atoms with van der Waals surface area (Å²) in [6.45, 7) is 4.02. The highest BCUT2D eigenvalue weighted by Gasteiger charge is 2.50. The monoisotopic (exact) mass is 333 g/mol. The van der Waals surface area contributed by atoms with E-state index in [-0.39, 0.29) is 37.2 Å². The quantitative estimate of drug-likeness (QED) is 0.808. The maximum absolute atomic E-state index is 12.4. The van der Waals surface area contributed by atoms with Crippen molar-refractivity contribution in [1.82, 2.24) is 4.90 Å². The SMILES string of the molecule is CCC(=O)OC1(c2ccccc2)CCN(C(=O)CCC(=O)O)C1C. The average molecular weight is 333 g/mol. The van der Waals surface area contributed by atoms with Gasteiger partial charge in [0.25, 0.3) is 0 Å². The Bertz CT molecular complexity index is 615. The molecule has 1 N–H and O–H groups in total. The summed E-state index contributed by atoms with van der Waals surface area (Å²) in [5.74, 6) is -1.54. The number of hydrogen-bond acceptors (Lipinski definition) is 4. The van der Waals surface area contributed by atoms with Gasteiger partial charge in [0.15, 0.2) is 5.60 Å². The molecule has 24 heavy (non-hydrogen) atoms. The molecule has 2 atom stereocenters. The van der Waals surface area contributed by atoms with Crippen LogP contribution in [0.25, 0.3) is 0 Å². The molecule has 1 aromatic carbocycles. The molecular formula is C18H23NO5. The molecule has 6 heteroatoms. The first kappa shape index (κ1) is 18.0. The standard InChI is InChI=1S/C18H23NO5/c1-3-17(23)24-18(14-7-5-4-6-8-14)11-12-19(13(18)2)15(20)9-10-16(21)22/h4-8,13H,3,9-12H2,1-2H3,(H,21,22). The fourth-order valence-electron chi connectivity index (χ4n) is 3.22. The first-order valence-corrected chi connectivity index (χ1v) is 8.19. The van der Waals surface area contributed by atoms with Gasteiger partial charge in [-0.3, -0.25) is 14.4 Å². The molecule has 2 unspecified atom stereocenters. The van der Waals surface area contributed by atoms with Crippen molar-refractivity contribution in [3.63, 3.8) is 0 Å². The molecule has 0 aliphatic carbocycles. The van der Waals surface area contributed by atoms with E-state index in [0.29, 0.717) is 13.0 Å². The van der Waals surface area contributed by atoms with Gasteiger partial charge >= 0.3 is 11.9 Å². The van der Waals surface area contributed by atoms with Crippen LogP contribution in [0.5, 0.6) is 0 Å². The van der Waals surface area contributed by atoms with Gasteiger partial charge in [-0.05, 0) is 12.5 Å². The van der Waals surface area contributed by atoms with Gasteiger partial charge in [-0.1, -0.05) is 37.3 Å². The normalized spacial score (nSPS) is 23.1. The highest BCUT2D eigenvalue weighted by Crippen LogP contribution is 2.41. The van der Waals surface area contributed by atoms with Crippen LogP contribution in [0.4, 0.5) is 0 Å². The Morgan fingerprint density at radius 3 is 2.50 bits per heavy atom. The van der Waals surface area contributed by atoms with Crippen LogP contribution in [-0.4, -0.2) is 40.4 Å². The van der Waals surface area contributed by atoms with Crippen molar-refractivity contribution >= 4 is 17.8 Å². The molecule has 1 fully saturated rings. The number of esters is 1. The maximum atomic E-state index is 12.4. The third-order valence-electron chi connectivity index (χ3n) is 4.59. The third kappa shape index (κ3) is 3.58. The summed E-state index contributed by atoms with van der Waals surface area (Å²) in [6, 6.07) is 9.07. The zero-order valence-corrected chi connectivity index (χ0v) is 14.0. The summed E-state index contributed by atoms with van der Waals surface area (Å²) in [6.07, 6.45) is 0.512. The van der Waals surface area contributed by atoms with Crippen molar-refractivity contribution in [3.05, 3.63) is 35.9 Å². The smallest absolute Gasteiger partial charge is 0.306 e. The fraction of sp³-hybridized carbons (Fsp3) is 0.500. The maximum Gasteiger partial charge on any atom is 0.306 e. The minimum absolute atomic E-state index is 0.0493. The Kier molecular flexibility index (Phi) is 5.59. The van der Waals surface area contributed by atoms with Gasteiger partial charge in [-0.2, -0.15) is 0 Å². The van der Waals surface area contributed by atoms with Gasteiger partial charge < -0.3 is 14.7 Å². The van der Waals surface area contributed by atoms with E-state index < -0.39 is 11.6 Å². The largest absolute Gasteiger partial charge is 0.481 e. The number of amides is 1. The summed E-state index contributed by atoms with van der Waals surface area (Å²) < 4.78 is 5.80. The summed E-state index contributed by atoms with van der Waals surface area (Å²) in [4.78, 5) is 36.7. The zero-order chi connectivity index (χ0) is 17.7. The average Bonchev–Trinajstić information content (AvgIpc) is 2.91. The highest BCUT2D eigenvalue weighted by molar-refractivity contribution is 5.81. The summed E-state index contributed by atoms with van der Waals surface area (Å²) in [5.41, 5.74) is -0.0272. The van der Waals surface area contributed by atoms with E-state index in [9.17, 15) is 14.4 Å². The molecule has 1 amide bonds. The van der Waals surface area contributed by atoms with Gasteiger partial charge in [-0.25, -0.2) is 0 Å². The van der Waals surface area contributed by atoms with Crippen LogP contribution < -0.4 is 0 Å². The molecule has 0 spiro atoms. The van der Waals surface area contributed by atoms with E-state index in [1.807, 2.05) is 37.3 Å². The first-order chi connectivity index (χ1) is 11.4. The lowest BCUT2D eigenvalue weighted by molar-refractivity contribution is -0.165. The Morgan fingerprint density at radius 2 is 1.92 bits per heavy atom. The van der Waals surface area contributed by atoms with Crippen molar-refractivity contribution in [2.45, 2.75) is 51.2 Å². The van der Waals surface area contributed by atoms with Crippen LogP contribution in [-0.2, 0) is 24.7 Å². The number of carboxylic acid groups (broad SMARTS) is 1. The summed E-state index contributed by atoms with van der Waals surface area (Å²) in [7, 11) is 0. The molecule has 1 aliphatic rings. The van der Waals surface area contributed by atoms with Crippen molar-refractivity contribution in [2.75, 3.05) is 6.54 Å². The van der Waals surface area contributed by atoms with Gasteiger partial charge in [0.05, 0.1) is 12.5 Å². The molecule has 1 aromatic rings. The van der Waals surface area contributed by atoms with E-state index in [4.69, 9.17) is 9.84 Å². The second-order valence-corrected chi connectivity index (χ2v) is 5.99. The molecule has 2 rings (SSSR count). The van der Waals surface area contributed by atoms with Crippen LogP contribution in [0.15, 0.2) is 30.3 Å². The number of rotatable bonds is 6. The Hall–Kier alpha value is -2.37. The predicted molar refractivity (Wildman–Crippen MR) is 87.2 cm³/mol. The molecule has 130 valence electrons. The zero-order valence-electron chi connectivity index (χ0n) is 14.0. The van der Waals surface area contributed by atoms with Crippen LogP contribution in [0.3, 0.4) is 0 Å². The van der Waals surface area contributed by atoms with E-state index in [0.717, 1.165) is 5.56 Å². The lowest BCUT2D eigenvalue weighted by Crippen LogP contribution is -2.45. The van der Waals surface area contributed by atoms with Gasteiger partial charge in [0.2, 0.25) is 5.91 Å². The van der Waals surface area contributed by atoms with Crippen LogP contribution in [0.2, 0.25) is 0 Å². The number of nitrogens with zero attached hydrogens (tertiary/aromatic N) is 1. The van der Waals surface area contributed by atoms with E-state index in [1.54, 1.807) is 11.8 Å². The fourth-order valence-corrected chi connectivity index (χ4v) is 3.22. The summed E-state index contributed by atoms with van der Waals surface area (Å²) >= 11 is 0. The number of likely N-dealkylation sites (tertiary alicyclic amines) is 1. The number of ether oxygens (including phenoxy) is 1. The van der Waals surface area contributed by atoms with Gasteiger partial charge in [0, 0.05) is 25.8 Å². The van der Waals surface area contributed by atoms with Crippen LogP contribution in [0.1, 0.15) is 45.1 Å². The Labute approximate surface area is 141 Å². The first-order valence-electron chi connectivity index (χ1n) is 8.19. The van der Waals surface area contributed by atoms with Gasteiger partial charge in [0.1, 0.15) is 0 Å². The van der Waals surface area contributed by atoms with Crippen LogP contribution in [0, 0.1) is 0 Å². The van der Waals surface area contributed by atoms with E-state index >= 15 is 0 Å². The van der Waals surface area contributed by atoms with Crippen molar-refractivity contribution in [3.8, 4) is 0 Å². The van der Waals surface area contributed by atoms with Crippen molar-refractivity contribution < 1.29 is 24.2 Å². The molecule has 0 aromatic heterocycles. The number of carbonyl (C=O) groups excluding carboxylic acids is 2. The molecular weight excluding hydrogens is 310 g/mol. The van der Waals surface area contributed by atoms with E-state index in [1.165, 1.54) is 0 Å². The molecule has 6 nitrogen and oxygen atoms in total. The highest BCUT2D eigenvalue weighted by atomic mass is 16.6. The number of benzene rings is 1. The molecule has 1 aliphatic heterocycles. The summed E-state index contributed by atoms with van der Waals surface area (Å²) in [5, 5.41) is 8.76. The van der Waals surface area contributed by atoms with Gasteiger partial charge in [-0.15, -0.1) is 0 Å². The van der Waals surface area contributed by atoms with Crippen molar-refractivity contribution in [1.29, 1.82) is 0 Å². The molecule has 1 saturated heterocycles. The van der Waals surface area contributed by atoms with Crippen molar-refractivity contribution in [2.24, 2.45) is 0 Å². The number of carbonyl (C=O) groups is 3. The Balaban J connectivity index is 2.27. The molecule has 1 heterocycles. The lowest BCUT2D eigenvalue weighted by Gasteiger charge is -2.36. The predicted octanol–water partition coefficient (Wildman–Crippen LogP) is 2.32. The number of hydrogen-bond donors (Lipinski definition) is 1. The van der Waals surface area contributed by atoms with Crippen LogP contribution >= 0.6 is 0 Å². The Morgan fingerprint density at radius 1 is 1.25 bits per heavy atom. The minimum atomic E-state index is -0.998. The second-order valence-electron chi connectivity index (χ2n) is 5.99. The lowest BCUT2D eigenvalue weighted by atomic mass is 9.86. The number of carboxylic acids is 1.